The number of nitrogens with zero attached hydrogens (tertiary/aromatic N) is 2. The molecule has 0 aliphatic heterocycles. The SMILES string of the molecule is CCc1cc(NCC(C)OC)nc(C)n1. The molecule has 0 bridgehead atoms. The Bertz CT molecular complexity index is 315. The highest BCUT2D eigenvalue weighted by atomic mass is 16.5. The van der Waals surface area contributed by atoms with Crippen LogP contribution in [0.5, 0.6) is 0 Å². The highest BCUT2D eigenvalue weighted by molar-refractivity contribution is 5.36. The second kappa shape index (κ2) is 5.66. The van der Waals surface area contributed by atoms with Crippen molar-refractivity contribution in [1.82, 2.24) is 9.97 Å². The van der Waals surface area contributed by atoms with Gasteiger partial charge in [0, 0.05) is 25.4 Å². The molecule has 84 valence electrons. The topological polar surface area (TPSA) is 47.0 Å². The number of nitrogens with one attached hydrogen (secondary N) is 1. The zero-order chi connectivity index (χ0) is 11.3. The summed E-state index contributed by atoms with van der Waals surface area (Å²) in [7, 11) is 1.70. The van der Waals surface area contributed by atoms with Crippen LogP contribution in [0.2, 0.25) is 0 Å². The highest BCUT2D eigenvalue weighted by Gasteiger charge is 2.02. The van der Waals surface area contributed by atoms with Crippen LogP contribution in [0.1, 0.15) is 25.4 Å². The van der Waals surface area contributed by atoms with Gasteiger partial charge in [0.05, 0.1) is 6.10 Å². The van der Waals surface area contributed by atoms with Gasteiger partial charge < -0.3 is 10.1 Å². The van der Waals surface area contributed by atoms with Crippen LogP contribution >= 0.6 is 0 Å². The normalized spacial score (nSPS) is 12.5. The molecule has 0 aromatic carbocycles. The highest BCUT2D eigenvalue weighted by Crippen LogP contribution is 2.07. The molecular formula is C11H19N3O. The smallest absolute Gasteiger partial charge is 0.130 e. The maximum atomic E-state index is 5.15. The summed E-state index contributed by atoms with van der Waals surface area (Å²) in [5.41, 5.74) is 1.06. The predicted molar refractivity (Wildman–Crippen MR) is 61.1 cm³/mol. The molecule has 4 nitrogen and oxygen atoms in total. The monoisotopic (exact) mass is 209 g/mol. The zero-order valence-corrected chi connectivity index (χ0v) is 9.87. The summed E-state index contributed by atoms with van der Waals surface area (Å²) in [4.78, 5) is 8.63. The summed E-state index contributed by atoms with van der Waals surface area (Å²) >= 11 is 0. The molecule has 0 spiro atoms. The molecule has 0 amide bonds. The van der Waals surface area contributed by atoms with E-state index in [1.807, 2.05) is 19.9 Å². The molecule has 1 atom stereocenters. The van der Waals surface area contributed by atoms with E-state index < -0.39 is 0 Å². The van der Waals surface area contributed by atoms with Gasteiger partial charge in [-0.1, -0.05) is 6.92 Å². The summed E-state index contributed by atoms with van der Waals surface area (Å²) in [6, 6.07) is 1.98. The first kappa shape index (κ1) is 11.9. The summed E-state index contributed by atoms with van der Waals surface area (Å²) < 4.78 is 5.15. The molecule has 1 aromatic heterocycles. The van der Waals surface area contributed by atoms with Gasteiger partial charge in [0.25, 0.3) is 0 Å². The maximum Gasteiger partial charge on any atom is 0.130 e. The van der Waals surface area contributed by atoms with E-state index in [-0.39, 0.29) is 6.10 Å². The summed E-state index contributed by atoms with van der Waals surface area (Å²) in [6.07, 6.45) is 1.11. The minimum atomic E-state index is 0.186. The van der Waals surface area contributed by atoms with Crippen molar-refractivity contribution >= 4 is 5.82 Å². The Morgan fingerprint density at radius 2 is 2.20 bits per heavy atom. The van der Waals surface area contributed by atoms with Crippen LogP contribution in [-0.2, 0) is 11.2 Å². The summed E-state index contributed by atoms with van der Waals surface area (Å²) in [5.74, 6) is 1.69. The van der Waals surface area contributed by atoms with Gasteiger partial charge in [-0.2, -0.15) is 0 Å². The van der Waals surface area contributed by atoms with E-state index in [0.717, 1.165) is 30.3 Å². The lowest BCUT2D eigenvalue weighted by Gasteiger charge is -2.12. The standard InChI is InChI=1S/C11H19N3O/c1-5-10-6-11(14-9(3)13-10)12-7-8(2)15-4/h6,8H,5,7H2,1-4H3,(H,12,13,14). The molecule has 1 heterocycles. The quantitative estimate of drug-likeness (QED) is 0.803. The van der Waals surface area contributed by atoms with Crippen LogP contribution in [0, 0.1) is 6.92 Å². The largest absolute Gasteiger partial charge is 0.380 e. The van der Waals surface area contributed by atoms with Gasteiger partial charge in [-0.15, -0.1) is 0 Å². The lowest BCUT2D eigenvalue weighted by molar-refractivity contribution is 0.128. The van der Waals surface area contributed by atoms with E-state index >= 15 is 0 Å². The molecule has 0 aliphatic carbocycles. The first-order chi connectivity index (χ1) is 7.15. The molecule has 15 heavy (non-hydrogen) atoms. The fourth-order valence-corrected chi connectivity index (χ4v) is 1.23. The second-order valence-electron chi connectivity index (χ2n) is 3.57. The van der Waals surface area contributed by atoms with Crippen LogP contribution in [0.4, 0.5) is 5.82 Å². The number of ether oxygens (including phenoxy) is 1. The fraction of sp³-hybridized carbons (Fsp3) is 0.636. The number of aromatic nitrogens is 2. The van der Waals surface area contributed by atoms with E-state index in [1.165, 1.54) is 0 Å². The first-order valence-corrected chi connectivity index (χ1v) is 5.27. The molecule has 1 N–H and O–H groups in total. The molecule has 0 fully saturated rings. The third-order valence-corrected chi connectivity index (χ3v) is 2.23. The van der Waals surface area contributed by atoms with Crippen LogP contribution in [0.15, 0.2) is 6.07 Å². The van der Waals surface area contributed by atoms with Gasteiger partial charge in [-0.05, 0) is 20.3 Å². The minimum absolute atomic E-state index is 0.186. The molecule has 0 saturated heterocycles. The molecule has 0 aliphatic rings. The van der Waals surface area contributed by atoms with Gasteiger partial charge in [-0.3, -0.25) is 0 Å². The molecule has 1 aromatic rings. The van der Waals surface area contributed by atoms with Crippen molar-refractivity contribution in [3.63, 3.8) is 0 Å². The number of hydrogen-bond acceptors (Lipinski definition) is 4. The van der Waals surface area contributed by atoms with Crippen molar-refractivity contribution in [2.24, 2.45) is 0 Å². The van der Waals surface area contributed by atoms with Gasteiger partial charge >= 0.3 is 0 Å². The minimum Gasteiger partial charge on any atom is -0.380 e. The van der Waals surface area contributed by atoms with E-state index in [4.69, 9.17) is 4.74 Å². The first-order valence-electron chi connectivity index (χ1n) is 5.27. The number of hydrogen-bond donors (Lipinski definition) is 1. The van der Waals surface area contributed by atoms with Crippen LogP contribution < -0.4 is 5.32 Å². The number of anilines is 1. The van der Waals surface area contributed by atoms with Crippen molar-refractivity contribution in [3.05, 3.63) is 17.6 Å². The lowest BCUT2D eigenvalue weighted by atomic mass is 10.3. The Hall–Kier alpha value is -1.16. The van der Waals surface area contributed by atoms with E-state index in [9.17, 15) is 0 Å². The van der Waals surface area contributed by atoms with Crippen molar-refractivity contribution in [2.45, 2.75) is 33.3 Å². The van der Waals surface area contributed by atoms with E-state index in [2.05, 4.69) is 22.2 Å². The molecule has 1 rings (SSSR count). The van der Waals surface area contributed by atoms with Crippen LogP contribution in [0.3, 0.4) is 0 Å². The third kappa shape index (κ3) is 3.83. The Morgan fingerprint density at radius 3 is 2.80 bits per heavy atom. The van der Waals surface area contributed by atoms with Gasteiger partial charge in [0.15, 0.2) is 0 Å². The predicted octanol–water partition coefficient (Wildman–Crippen LogP) is 1.79. The Kier molecular flexibility index (Phi) is 4.49. The van der Waals surface area contributed by atoms with Crippen molar-refractivity contribution in [1.29, 1.82) is 0 Å². The molecule has 0 saturated carbocycles. The van der Waals surface area contributed by atoms with Crippen LogP contribution in [0.25, 0.3) is 0 Å². The molecule has 1 unspecified atom stereocenters. The van der Waals surface area contributed by atoms with E-state index in [0.29, 0.717) is 0 Å². The van der Waals surface area contributed by atoms with Gasteiger partial charge in [0.1, 0.15) is 11.6 Å². The third-order valence-electron chi connectivity index (χ3n) is 2.23. The average molecular weight is 209 g/mol. The Morgan fingerprint density at radius 1 is 1.47 bits per heavy atom. The van der Waals surface area contributed by atoms with Crippen molar-refractivity contribution in [3.8, 4) is 0 Å². The van der Waals surface area contributed by atoms with E-state index in [1.54, 1.807) is 7.11 Å². The number of rotatable bonds is 5. The maximum absolute atomic E-state index is 5.15. The zero-order valence-electron chi connectivity index (χ0n) is 9.87. The summed E-state index contributed by atoms with van der Waals surface area (Å²) in [6.45, 7) is 6.77. The summed E-state index contributed by atoms with van der Waals surface area (Å²) in [5, 5.41) is 3.23. The average Bonchev–Trinajstić information content (AvgIpc) is 2.25. The fourth-order valence-electron chi connectivity index (χ4n) is 1.23. The van der Waals surface area contributed by atoms with Gasteiger partial charge in [0.2, 0.25) is 0 Å². The molecule has 4 heteroatoms. The van der Waals surface area contributed by atoms with Crippen LogP contribution in [-0.4, -0.2) is 29.7 Å². The number of aryl methyl sites for hydroxylation is 2. The number of methoxy groups -OCH3 is 1. The van der Waals surface area contributed by atoms with Crippen molar-refractivity contribution < 1.29 is 4.74 Å². The Labute approximate surface area is 91.1 Å². The second-order valence-corrected chi connectivity index (χ2v) is 3.57. The van der Waals surface area contributed by atoms with Crippen molar-refractivity contribution in [2.75, 3.05) is 19.0 Å². The molecular weight excluding hydrogens is 190 g/mol. The Balaban J connectivity index is 2.64. The van der Waals surface area contributed by atoms with Gasteiger partial charge in [-0.25, -0.2) is 9.97 Å². The lowest BCUT2D eigenvalue weighted by Crippen LogP contribution is -2.19. The molecule has 0 radical (unpaired) electrons.